The molecule has 0 aliphatic carbocycles. The van der Waals surface area contributed by atoms with E-state index in [0.717, 1.165) is 5.19 Å². The summed E-state index contributed by atoms with van der Waals surface area (Å²) < 4.78 is 5.55. The van der Waals surface area contributed by atoms with Gasteiger partial charge in [0.25, 0.3) is 9.20 Å². The average Bonchev–Trinajstić information content (AvgIpc) is 2.05. The molecule has 2 nitrogen and oxygen atoms in total. The van der Waals surface area contributed by atoms with Gasteiger partial charge in [-0.25, -0.2) is 0 Å². The van der Waals surface area contributed by atoms with Gasteiger partial charge < -0.3 is 9.83 Å². The second kappa shape index (κ2) is 4.40. The van der Waals surface area contributed by atoms with Crippen molar-refractivity contribution in [2.75, 3.05) is 0 Å². The molecular weight excluding hydrogens is 166 g/mol. The van der Waals surface area contributed by atoms with E-state index in [1.165, 1.54) is 0 Å². The summed E-state index contributed by atoms with van der Waals surface area (Å²) in [5, 5.41) is 7.07. The van der Waals surface area contributed by atoms with Gasteiger partial charge in [-0.1, -0.05) is 30.3 Å². The van der Waals surface area contributed by atoms with Crippen LogP contribution in [0, 0.1) is 0 Å². The largest absolute Gasteiger partial charge is 0.400 e. The first-order valence-electron chi connectivity index (χ1n) is 4.16. The van der Waals surface area contributed by atoms with Crippen LogP contribution in [0.4, 0.5) is 0 Å². The van der Waals surface area contributed by atoms with E-state index in [-0.39, 0.29) is 6.10 Å². The van der Waals surface area contributed by atoms with Crippen LogP contribution in [0.25, 0.3) is 0 Å². The minimum absolute atomic E-state index is 0.229. The molecule has 1 atom stereocenters. The molecule has 1 aromatic carbocycles. The monoisotopic (exact) mass is 181 g/mol. The van der Waals surface area contributed by atoms with Crippen molar-refractivity contribution in [2.24, 2.45) is 5.40 Å². The fourth-order valence-electron chi connectivity index (χ4n) is 1.01. The van der Waals surface area contributed by atoms with Crippen molar-refractivity contribution < 1.29 is 4.43 Å². The zero-order valence-corrected chi connectivity index (χ0v) is 8.68. The van der Waals surface area contributed by atoms with Crippen LogP contribution >= 0.6 is 0 Å². The standard InChI is InChI=1S/C9H15NOSi/c1-8(2)11-12(10)9-6-4-3-5-7-9/h3-8,12H,10H2,1-2H3. The molecule has 3 heteroatoms. The number of hydrogen-bond donors (Lipinski definition) is 1. The van der Waals surface area contributed by atoms with Crippen molar-refractivity contribution in [2.45, 2.75) is 20.0 Å². The highest BCUT2D eigenvalue weighted by molar-refractivity contribution is 6.64. The van der Waals surface area contributed by atoms with Crippen molar-refractivity contribution in [1.29, 1.82) is 0 Å². The van der Waals surface area contributed by atoms with Gasteiger partial charge in [-0.15, -0.1) is 0 Å². The first kappa shape index (κ1) is 9.44. The number of hydrogen-bond acceptors (Lipinski definition) is 2. The number of nitrogens with two attached hydrogens (primary N) is 1. The molecule has 1 aromatic rings. The van der Waals surface area contributed by atoms with Crippen molar-refractivity contribution >= 4 is 14.4 Å². The molecule has 0 aromatic heterocycles. The second-order valence-corrected chi connectivity index (χ2v) is 4.80. The van der Waals surface area contributed by atoms with E-state index < -0.39 is 9.20 Å². The van der Waals surface area contributed by atoms with Crippen molar-refractivity contribution in [3.63, 3.8) is 0 Å². The topological polar surface area (TPSA) is 35.2 Å². The van der Waals surface area contributed by atoms with E-state index in [9.17, 15) is 0 Å². The lowest BCUT2D eigenvalue weighted by atomic mass is 10.4. The molecule has 0 aliphatic heterocycles. The molecule has 0 bridgehead atoms. The molecule has 0 spiro atoms. The molecule has 1 unspecified atom stereocenters. The van der Waals surface area contributed by atoms with E-state index >= 15 is 0 Å². The van der Waals surface area contributed by atoms with E-state index in [1.54, 1.807) is 0 Å². The molecule has 0 radical (unpaired) electrons. The second-order valence-electron chi connectivity index (χ2n) is 3.02. The van der Waals surface area contributed by atoms with Crippen LogP contribution in [0.2, 0.25) is 0 Å². The molecule has 0 saturated heterocycles. The highest BCUT2D eigenvalue weighted by Gasteiger charge is 2.09. The summed E-state index contributed by atoms with van der Waals surface area (Å²) in [4.78, 5) is 0. The molecule has 0 saturated carbocycles. The summed E-state index contributed by atoms with van der Waals surface area (Å²) in [7, 11) is -1.62. The average molecular weight is 181 g/mol. The molecule has 1 rings (SSSR count). The summed E-state index contributed by atoms with van der Waals surface area (Å²) >= 11 is 0. The highest BCUT2D eigenvalue weighted by Crippen LogP contribution is 1.90. The Morgan fingerprint density at radius 1 is 1.25 bits per heavy atom. The lowest BCUT2D eigenvalue weighted by Gasteiger charge is -2.13. The Morgan fingerprint density at radius 3 is 2.33 bits per heavy atom. The van der Waals surface area contributed by atoms with Crippen LogP contribution in [0.15, 0.2) is 30.3 Å². The summed E-state index contributed by atoms with van der Waals surface area (Å²) in [6.45, 7) is 4.02. The van der Waals surface area contributed by atoms with Crippen LogP contribution in [0.3, 0.4) is 0 Å². The predicted octanol–water partition coefficient (Wildman–Crippen LogP) is 0.498. The van der Waals surface area contributed by atoms with Crippen LogP contribution in [0.5, 0.6) is 0 Å². The summed E-state index contributed by atoms with van der Waals surface area (Å²) in [6, 6.07) is 10.0. The fourth-order valence-corrected chi connectivity index (χ4v) is 2.36. The Hall–Kier alpha value is -0.643. The SMILES string of the molecule is CC(C)O[SiH](N)c1ccccc1. The van der Waals surface area contributed by atoms with E-state index in [1.807, 2.05) is 44.2 Å². The normalized spacial score (nSPS) is 13.3. The third kappa shape index (κ3) is 2.77. The lowest BCUT2D eigenvalue weighted by molar-refractivity contribution is 0.248. The Labute approximate surface area is 75.2 Å². The molecule has 66 valence electrons. The molecule has 0 aliphatic rings. The summed E-state index contributed by atoms with van der Waals surface area (Å²) in [5.74, 6) is 0. The van der Waals surface area contributed by atoms with Crippen molar-refractivity contribution in [1.82, 2.24) is 0 Å². The Morgan fingerprint density at radius 2 is 1.83 bits per heavy atom. The van der Waals surface area contributed by atoms with E-state index in [0.29, 0.717) is 0 Å². The Bertz CT molecular complexity index is 225. The minimum Gasteiger partial charge on any atom is -0.400 e. The number of benzene rings is 1. The predicted molar refractivity (Wildman–Crippen MR) is 53.6 cm³/mol. The van der Waals surface area contributed by atoms with Crippen molar-refractivity contribution in [3.8, 4) is 0 Å². The zero-order valence-electron chi connectivity index (χ0n) is 7.53. The fraction of sp³-hybridized carbons (Fsp3) is 0.333. The molecule has 0 amide bonds. The smallest absolute Gasteiger partial charge is 0.283 e. The van der Waals surface area contributed by atoms with Crippen LogP contribution in [0.1, 0.15) is 13.8 Å². The third-order valence-corrected chi connectivity index (χ3v) is 3.43. The van der Waals surface area contributed by atoms with Gasteiger partial charge in [-0.05, 0) is 19.0 Å². The van der Waals surface area contributed by atoms with E-state index in [4.69, 9.17) is 9.83 Å². The van der Waals surface area contributed by atoms with Gasteiger partial charge in [0.05, 0.1) is 0 Å². The molecule has 2 N–H and O–H groups in total. The minimum atomic E-state index is -1.62. The van der Waals surface area contributed by atoms with E-state index in [2.05, 4.69) is 0 Å². The maximum atomic E-state index is 5.91. The van der Waals surface area contributed by atoms with Gasteiger partial charge in [0.1, 0.15) is 0 Å². The summed E-state index contributed by atoms with van der Waals surface area (Å²) in [5.41, 5.74) is 0. The molecular formula is C9H15NOSi. The lowest BCUT2D eigenvalue weighted by Crippen LogP contribution is -2.44. The first-order valence-corrected chi connectivity index (χ1v) is 5.87. The van der Waals surface area contributed by atoms with Crippen LogP contribution in [-0.4, -0.2) is 15.3 Å². The molecule has 0 heterocycles. The first-order chi connectivity index (χ1) is 5.70. The van der Waals surface area contributed by atoms with Crippen molar-refractivity contribution in [3.05, 3.63) is 30.3 Å². The maximum absolute atomic E-state index is 5.91. The van der Waals surface area contributed by atoms with Crippen LogP contribution in [-0.2, 0) is 4.43 Å². The molecule has 0 fully saturated rings. The number of rotatable bonds is 3. The summed E-state index contributed by atoms with van der Waals surface area (Å²) in [6.07, 6.45) is 0.229. The third-order valence-electron chi connectivity index (χ3n) is 1.55. The zero-order chi connectivity index (χ0) is 8.97. The van der Waals surface area contributed by atoms with Gasteiger partial charge in [-0.2, -0.15) is 0 Å². The van der Waals surface area contributed by atoms with Gasteiger partial charge in [-0.3, -0.25) is 0 Å². The van der Waals surface area contributed by atoms with Gasteiger partial charge >= 0.3 is 0 Å². The van der Waals surface area contributed by atoms with Gasteiger partial charge in [0.2, 0.25) is 0 Å². The highest BCUT2D eigenvalue weighted by atomic mass is 28.3. The Kier molecular flexibility index (Phi) is 3.46. The molecule has 12 heavy (non-hydrogen) atoms. The van der Waals surface area contributed by atoms with Gasteiger partial charge in [0.15, 0.2) is 0 Å². The Balaban J connectivity index is 2.59. The maximum Gasteiger partial charge on any atom is 0.283 e. The van der Waals surface area contributed by atoms with Gasteiger partial charge in [0, 0.05) is 6.10 Å². The quantitative estimate of drug-likeness (QED) is 0.689. The van der Waals surface area contributed by atoms with Crippen LogP contribution < -0.4 is 10.6 Å².